The highest BCUT2D eigenvalue weighted by Gasteiger charge is 2.23. The van der Waals surface area contributed by atoms with Crippen LogP contribution in [0.3, 0.4) is 0 Å². The van der Waals surface area contributed by atoms with E-state index in [9.17, 15) is 9.59 Å². The first-order chi connectivity index (χ1) is 11.8. The molecule has 0 fully saturated rings. The van der Waals surface area contributed by atoms with Gasteiger partial charge in [0.05, 0.1) is 11.7 Å². The maximum Gasteiger partial charge on any atom is 0.314 e. The summed E-state index contributed by atoms with van der Waals surface area (Å²) in [6.07, 6.45) is 0.964. The van der Waals surface area contributed by atoms with Crippen LogP contribution in [-0.2, 0) is 23.1 Å². The molecule has 0 aliphatic rings. The summed E-state index contributed by atoms with van der Waals surface area (Å²) < 4.78 is 1.53. The molecule has 2 amide bonds. The average Bonchev–Trinajstić information content (AvgIpc) is 2.89. The van der Waals surface area contributed by atoms with Crippen molar-refractivity contribution in [2.45, 2.75) is 40.2 Å². The van der Waals surface area contributed by atoms with Gasteiger partial charge in [-0.15, -0.1) is 0 Å². The Kier molecular flexibility index (Phi) is 5.96. The molecule has 25 heavy (non-hydrogen) atoms. The van der Waals surface area contributed by atoms with Crippen molar-refractivity contribution in [3.05, 3.63) is 47.2 Å². The molecule has 0 saturated carbocycles. The van der Waals surface area contributed by atoms with Crippen molar-refractivity contribution in [1.82, 2.24) is 15.1 Å². The van der Waals surface area contributed by atoms with Gasteiger partial charge in [0.1, 0.15) is 5.82 Å². The monoisotopic (exact) mass is 342 g/mol. The van der Waals surface area contributed by atoms with Gasteiger partial charge in [0.15, 0.2) is 0 Å². The van der Waals surface area contributed by atoms with E-state index in [-0.39, 0.29) is 12.0 Å². The van der Waals surface area contributed by atoms with Crippen LogP contribution in [0.5, 0.6) is 0 Å². The number of carbonyl (C=O) groups is 2. The number of hydrogen-bond acceptors (Lipinski definition) is 3. The summed E-state index contributed by atoms with van der Waals surface area (Å²) in [5.41, 5.74) is 3.00. The minimum absolute atomic E-state index is 0.156. The minimum Gasteiger partial charge on any atom is -0.341 e. The molecule has 2 aromatic rings. The molecule has 0 aliphatic heterocycles. The Morgan fingerprint density at radius 1 is 1.16 bits per heavy atom. The van der Waals surface area contributed by atoms with Crippen molar-refractivity contribution >= 4 is 17.6 Å². The lowest BCUT2D eigenvalue weighted by Crippen LogP contribution is -2.39. The molecule has 0 saturated heterocycles. The standard InChI is InChI=1S/C19H26N4O2/c1-6-14-7-9-15(10-8-14)17(12(2)3)21-19(25)18(24)20-16-11-13(4)22-23(16)5/h7-12,17H,6H2,1-5H3,(H,20,24)(H,21,25)/t17-/m0/s1. The number of anilines is 1. The first-order valence-electron chi connectivity index (χ1n) is 8.53. The fourth-order valence-corrected chi connectivity index (χ4v) is 2.70. The van der Waals surface area contributed by atoms with E-state index in [0.29, 0.717) is 5.82 Å². The molecular formula is C19H26N4O2. The Morgan fingerprint density at radius 2 is 1.80 bits per heavy atom. The smallest absolute Gasteiger partial charge is 0.314 e. The van der Waals surface area contributed by atoms with Gasteiger partial charge in [-0.3, -0.25) is 14.3 Å². The highest BCUT2D eigenvalue weighted by atomic mass is 16.2. The van der Waals surface area contributed by atoms with Crippen LogP contribution in [0.2, 0.25) is 0 Å². The van der Waals surface area contributed by atoms with Crippen LogP contribution in [0.4, 0.5) is 5.82 Å². The number of nitrogens with zero attached hydrogens (tertiary/aromatic N) is 2. The fraction of sp³-hybridized carbons (Fsp3) is 0.421. The van der Waals surface area contributed by atoms with Crippen molar-refractivity contribution in [2.24, 2.45) is 13.0 Å². The number of aryl methyl sites for hydroxylation is 3. The summed E-state index contributed by atoms with van der Waals surface area (Å²) in [5.74, 6) is -0.704. The van der Waals surface area contributed by atoms with E-state index in [2.05, 4.69) is 34.8 Å². The zero-order chi connectivity index (χ0) is 18.6. The number of carbonyl (C=O) groups excluding carboxylic acids is 2. The zero-order valence-corrected chi connectivity index (χ0v) is 15.5. The molecule has 0 aliphatic carbocycles. The second kappa shape index (κ2) is 7.96. The van der Waals surface area contributed by atoms with Crippen molar-refractivity contribution < 1.29 is 9.59 Å². The van der Waals surface area contributed by atoms with E-state index in [1.165, 1.54) is 10.2 Å². The van der Waals surface area contributed by atoms with Gasteiger partial charge in [-0.25, -0.2) is 0 Å². The molecule has 6 heteroatoms. The van der Waals surface area contributed by atoms with Gasteiger partial charge in [-0.1, -0.05) is 45.0 Å². The topological polar surface area (TPSA) is 76.0 Å². The molecule has 2 N–H and O–H groups in total. The van der Waals surface area contributed by atoms with Crippen molar-refractivity contribution in [2.75, 3.05) is 5.32 Å². The number of aromatic nitrogens is 2. The Bertz CT molecular complexity index is 747. The third-order valence-electron chi connectivity index (χ3n) is 4.15. The molecule has 1 atom stereocenters. The second-order valence-electron chi connectivity index (χ2n) is 6.54. The second-order valence-corrected chi connectivity index (χ2v) is 6.54. The van der Waals surface area contributed by atoms with E-state index in [1.807, 2.05) is 32.9 Å². The van der Waals surface area contributed by atoms with Crippen LogP contribution in [0.25, 0.3) is 0 Å². The van der Waals surface area contributed by atoms with Crippen LogP contribution < -0.4 is 10.6 Å². The van der Waals surface area contributed by atoms with Crippen LogP contribution in [0.1, 0.15) is 43.6 Å². The van der Waals surface area contributed by atoms with Crippen molar-refractivity contribution in [3.63, 3.8) is 0 Å². The molecule has 0 spiro atoms. The molecule has 0 radical (unpaired) electrons. The first-order valence-corrected chi connectivity index (χ1v) is 8.53. The summed E-state index contributed by atoms with van der Waals surface area (Å²) in [5, 5.41) is 9.58. The number of nitrogens with one attached hydrogen (secondary N) is 2. The minimum atomic E-state index is -0.696. The maximum absolute atomic E-state index is 12.3. The molecule has 0 bridgehead atoms. The number of amides is 2. The van der Waals surface area contributed by atoms with Gasteiger partial charge in [0.2, 0.25) is 0 Å². The van der Waals surface area contributed by atoms with E-state index in [1.54, 1.807) is 13.1 Å². The van der Waals surface area contributed by atoms with Gasteiger partial charge in [0, 0.05) is 13.1 Å². The normalized spacial score (nSPS) is 12.1. The van der Waals surface area contributed by atoms with E-state index < -0.39 is 11.8 Å². The molecule has 2 rings (SSSR count). The van der Waals surface area contributed by atoms with Gasteiger partial charge in [0.25, 0.3) is 0 Å². The molecule has 1 aromatic carbocycles. The van der Waals surface area contributed by atoms with E-state index >= 15 is 0 Å². The Balaban J connectivity index is 2.08. The van der Waals surface area contributed by atoms with E-state index in [4.69, 9.17) is 0 Å². The molecule has 1 aromatic heterocycles. The largest absolute Gasteiger partial charge is 0.341 e. The Labute approximate surface area is 148 Å². The summed E-state index contributed by atoms with van der Waals surface area (Å²) in [4.78, 5) is 24.5. The van der Waals surface area contributed by atoms with Gasteiger partial charge in [-0.2, -0.15) is 5.10 Å². The Hall–Kier alpha value is -2.63. The lowest BCUT2D eigenvalue weighted by molar-refractivity contribution is -0.136. The third kappa shape index (κ3) is 4.68. The molecule has 6 nitrogen and oxygen atoms in total. The van der Waals surface area contributed by atoms with Gasteiger partial charge in [-0.05, 0) is 30.4 Å². The first kappa shape index (κ1) is 18.7. The fourth-order valence-electron chi connectivity index (χ4n) is 2.70. The van der Waals surface area contributed by atoms with Crippen molar-refractivity contribution in [1.29, 1.82) is 0 Å². The quantitative estimate of drug-likeness (QED) is 0.820. The number of benzene rings is 1. The molecular weight excluding hydrogens is 316 g/mol. The molecule has 0 unspecified atom stereocenters. The van der Waals surface area contributed by atoms with Crippen LogP contribution in [0.15, 0.2) is 30.3 Å². The van der Waals surface area contributed by atoms with Crippen LogP contribution in [0, 0.1) is 12.8 Å². The summed E-state index contributed by atoms with van der Waals surface area (Å²) in [6, 6.07) is 9.61. The van der Waals surface area contributed by atoms with Gasteiger partial charge < -0.3 is 10.6 Å². The predicted octanol–water partition coefficient (Wildman–Crippen LogP) is 2.74. The highest BCUT2D eigenvalue weighted by molar-refractivity contribution is 6.39. The third-order valence-corrected chi connectivity index (χ3v) is 4.15. The lowest BCUT2D eigenvalue weighted by atomic mass is 9.95. The van der Waals surface area contributed by atoms with Gasteiger partial charge >= 0.3 is 11.8 Å². The van der Waals surface area contributed by atoms with Crippen LogP contribution in [-0.4, -0.2) is 21.6 Å². The number of hydrogen-bond donors (Lipinski definition) is 2. The van der Waals surface area contributed by atoms with E-state index in [0.717, 1.165) is 17.7 Å². The summed E-state index contributed by atoms with van der Waals surface area (Å²) >= 11 is 0. The predicted molar refractivity (Wildman–Crippen MR) is 98.1 cm³/mol. The van der Waals surface area contributed by atoms with Crippen molar-refractivity contribution in [3.8, 4) is 0 Å². The number of rotatable bonds is 5. The molecule has 134 valence electrons. The summed E-state index contributed by atoms with van der Waals surface area (Å²) in [7, 11) is 1.72. The SMILES string of the molecule is CCc1ccc([C@@H](NC(=O)C(=O)Nc2cc(C)nn2C)C(C)C)cc1. The van der Waals surface area contributed by atoms with Crippen LogP contribution >= 0.6 is 0 Å². The maximum atomic E-state index is 12.3. The average molecular weight is 342 g/mol. The Morgan fingerprint density at radius 3 is 2.28 bits per heavy atom. The highest BCUT2D eigenvalue weighted by Crippen LogP contribution is 2.22. The molecule has 1 heterocycles. The zero-order valence-electron chi connectivity index (χ0n) is 15.5. The summed E-state index contributed by atoms with van der Waals surface area (Å²) in [6.45, 7) is 7.95. The lowest BCUT2D eigenvalue weighted by Gasteiger charge is -2.23.